The lowest BCUT2D eigenvalue weighted by atomic mass is 9.89. The Morgan fingerprint density at radius 2 is 1.69 bits per heavy atom. The van der Waals surface area contributed by atoms with E-state index in [1.165, 1.54) is 25.7 Å². The minimum atomic E-state index is 0.297. The van der Waals surface area contributed by atoms with Crippen molar-refractivity contribution in [2.24, 2.45) is 11.8 Å². The summed E-state index contributed by atoms with van der Waals surface area (Å²) in [5, 5.41) is 3.50. The fourth-order valence-electron chi connectivity index (χ4n) is 2.90. The van der Waals surface area contributed by atoms with Crippen molar-refractivity contribution in [3.63, 3.8) is 0 Å². The quantitative estimate of drug-likeness (QED) is 0.759. The molecular weight excluding hydrogens is 222 g/mol. The minimum absolute atomic E-state index is 0.297. The zero-order valence-corrected chi connectivity index (χ0v) is 10.6. The highest BCUT2D eigenvalue weighted by atomic mass is 35.5. The predicted octanol–water partition coefficient (Wildman–Crippen LogP) is 3.09. The first-order valence-corrected chi connectivity index (χ1v) is 7.11. The molecule has 2 fully saturated rings. The molecule has 0 aromatic heterocycles. The van der Waals surface area contributed by atoms with E-state index >= 15 is 0 Å². The summed E-state index contributed by atoms with van der Waals surface area (Å²) in [6.45, 7) is 0.874. The number of halogens is 1. The van der Waals surface area contributed by atoms with Crippen LogP contribution >= 0.6 is 11.6 Å². The second kappa shape index (κ2) is 5.90. The van der Waals surface area contributed by atoms with Crippen LogP contribution in [0.3, 0.4) is 0 Å². The maximum Gasteiger partial charge on any atom is 0.223 e. The van der Waals surface area contributed by atoms with E-state index in [4.69, 9.17) is 11.6 Å². The molecule has 2 nitrogen and oxygen atoms in total. The summed E-state index contributed by atoms with van der Waals surface area (Å²) in [6, 6.07) is 0. The number of nitrogens with one attached hydrogen (secondary N) is 1. The van der Waals surface area contributed by atoms with Crippen LogP contribution in [0.5, 0.6) is 0 Å². The number of hydrogen-bond donors (Lipinski definition) is 1. The van der Waals surface area contributed by atoms with Gasteiger partial charge in [0.25, 0.3) is 0 Å². The Hall–Kier alpha value is -0.240. The lowest BCUT2D eigenvalue weighted by molar-refractivity contribution is -0.125. The Kier molecular flexibility index (Phi) is 4.51. The van der Waals surface area contributed by atoms with E-state index in [2.05, 4.69) is 5.32 Å². The van der Waals surface area contributed by atoms with Gasteiger partial charge in [-0.2, -0.15) is 0 Å². The Balaban J connectivity index is 1.65. The maximum atomic E-state index is 11.8. The number of alkyl halides is 1. The van der Waals surface area contributed by atoms with Crippen LogP contribution in [0.4, 0.5) is 0 Å². The molecular formula is C13H22ClNO. The number of hydrogen-bond acceptors (Lipinski definition) is 1. The molecule has 0 atom stereocenters. The van der Waals surface area contributed by atoms with Gasteiger partial charge in [-0.15, -0.1) is 11.6 Å². The summed E-state index contributed by atoms with van der Waals surface area (Å²) in [7, 11) is 0. The van der Waals surface area contributed by atoms with Crippen LogP contribution in [0.25, 0.3) is 0 Å². The third-order valence-electron chi connectivity index (χ3n) is 4.07. The Bertz CT molecular complexity index is 230. The van der Waals surface area contributed by atoms with Gasteiger partial charge in [0.2, 0.25) is 5.91 Å². The smallest absolute Gasteiger partial charge is 0.223 e. The van der Waals surface area contributed by atoms with E-state index in [1.807, 2.05) is 0 Å². The van der Waals surface area contributed by atoms with Crippen molar-refractivity contribution in [1.82, 2.24) is 5.32 Å². The van der Waals surface area contributed by atoms with Gasteiger partial charge in [-0.05, 0) is 44.4 Å². The van der Waals surface area contributed by atoms with Crippen LogP contribution in [-0.2, 0) is 4.79 Å². The maximum absolute atomic E-state index is 11.8. The first-order valence-electron chi connectivity index (χ1n) is 6.67. The molecule has 0 bridgehead atoms. The van der Waals surface area contributed by atoms with Crippen LogP contribution in [0, 0.1) is 11.8 Å². The summed E-state index contributed by atoms with van der Waals surface area (Å²) in [5.41, 5.74) is 0. The molecule has 0 heterocycles. The fourth-order valence-corrected chi connectivity index (χ4v) is 3.16. The van der Waals surface area contributed by atoms with Gasteiger partial charge in [0.15, 0.2) is 0 Å². The summed E-state index contributed by atoms with van der Waals surface area (Å²) >= 11 is 6.06. The summed E-state index contributed by atoms with van der Waals surface area (Å²) in [5.74, 6) is 1.27. The SMILES string of the molecule is O=C(NCC1CCC(Cl)CC1)C1CCCC1. The van der Waals surface area contributed by atoms with Gasteiger partial charge in [-0.1, -0.05) is 12.8 Å². The second-order valence-corrected chi connectivity index (χ2v) is 5.96. The molecule has 0 saturated heterocycles. The molecule has 2 saturated carbocycles. The molecule has 0 spiro atoms. The second-order valence-electron chi connectivity index (χ2n) is 5.34. The average molecular weight is 244 g/mol. The predicted molar refractivity (Wildman–Crippen MR) is 66.6 cm³/mol. The number of carbonyl (C=O) groups excluding carboxylic acids is 1. The van der Waals surface area contributed by atoms with Crippen molar-refractivity contribution in [2.75, 3.05) is 6.54 Å². The Labute approximate surface area is 103 Å². The minimum Gasteiger partial charge on any atom is -0.356 e. The average Bonchev–Trinajstić information content (AvgIpc) is 2.81. The van der Waals surface area contributed by atoms with Crippen molar-refractivity contribution in [1.29, 1.82) is 0 Å². The first-order chi connectivity index (χ1) is 7.75. The first kappa shape index (κ1) is 12.2. The van der Waals surface area contributed by atoms with Crippen molar-refractivity contribution in [3.05, 3.63) is 0 Å². The standard InChI is InChI=1S/C13H22ClNO/c14-12-7-5-10(6-8-12)9-15-13(16)11-3-1-2-4-11/h10-12H,1-9H2,(H,15,16). The molecule has 0 radical (unpaired) electrons. The topological polar surface area (TPSA) is 29.1 Å². The van der Waals surface area contributed by atoms with Gasteiger partial charge in [0, 0.05) is 17.8 Å². The van der Waals surface area contributed by atoms with Gasteiger partial charge in [-0.25, -0.2) is 0 Å². The molecule has 2 aliphatic rings. The number of rotatable bonds is 3. The lowest BCUT2D eigenvalue weighted by Gasteiger charge is -2.25. The van der Waals surface area contributed by atoms with Gasteiger partial charge in [0.05, 0.1) is 0 Å². The molecule has 3 heteroatoms. The highest BCUT2D eigenvalue weighted by Crippen LogP contribution is 2.28. The molecule has 0 unspecified atom stereocenters. The molecule has 16 heavy (non-hydrogen) atoms. The normalized spacial score (nSPS) is 31.6. The van der Waals surface area contributed by atoms with Gasteiger partial charge in [0.1, 0.15) is 0 Å². The highest BCUT2D eigenvalue weighted by molar-refractivity contribution is 6.20. The molecule has 0 aromatic carbocycles. The van der Waals surface area contributed by atoms with Crippen molar-refractivity contribution >= 4 is 17.5 Å². The van der Waals surface area contributed by atoms with E-state index in [0.717, 1.165) is 32.2 Å². The summed E-state index contributed by atoms with van der Waals surface area (Å²) in [4.78, 5) is 11.8. The molecule has 2 rings (SSSR count). The van der Waals surface area contributed by atoms with E-state index in [0.29, 0.717) is 23.1 Å². The molecule has 92 valence electrons. The zero-order valence-electron chi connectivity index (χ0n) is 9.88. The molecule has 1 amide bonds. The lowest BCUT2D eigenvalue weighted by Crippen LogP contribution is -2.34. The number of carbonyl (C=O) groups is 1. The summed E-state index contributed by atoms with van der Waals surface area (Å²) < 4.78 is 0. The Morgan fingerprint density at radius 1 is 1.06 bits per heavy atom. The van der Waals surface area contributed by atoms with Crippen molar-refractivity contribution in [3.8, 4) is 0 Å². The number of amides is 1. The largest absolute Gasteiger partial charge is 0.356 e. The van der Waals surface area contributed by atoms with Crippen molar-refractivity contribution < 1.29 is 4.79 Å². The zero-order chi connectivity index (χ0) is 11.4. The third kappa shape index (κ3) is 3.38. The van der Waals surface area contributed by atoms with E-state index in [-0.39, 0.29) is 0 Å². The van der Waals surface area contributed by atoms with E-state index < -0.39 is 0 Å². The van der Waals surface area contributed by atoms with E-state index in [1.54, 1.807) is 0 Å². The molecule has 2 aliphatic carbocycles. The molecule has 0 aromatic rings. The van der Waals surface area contributed by atoms with Gasteiger partial charge >= 0.3 is 0 Å². The van der Waals surface area contributed by atoms with Gasteiger partial charge in [-0.3, -0.25) is 4.79 Å². The highest BCUT2D eigenvalue weighted by Gasteiger charge is 2.24. The Morgan fingerprint density at radius 3 is 2.31 bits per heavy atom. The molecule has 0 aliphatic heterocycles. The molecule has 1 N–H and O–H groups in total. The van der Waals surface area contributed by atoms with Crippen LogP contribution in [0.1, 0.15) is 51.4 Å². The van der Waals surface area contributed by atoms with E-state index in [9.17, 15) is 4.79 Å². The van der Waals surface area contributed by atoms with Gasteiger partial charge < -0.3 is 5.32 Å². The third-order valence-corrected chi connectivity index (χ3v) is 4.50. The van der Waals surface area contributed by atoms with Crippen LogP contribution in [0.15, 0.2) is 0 Å². The van der Waals surface area contributed by atoms with Crippen molar-refractivity contribution in [2.45, 2.75) is 56.7 Å². The fraction of sp³-hybridized carbons (Fsp3) is 0.923. The monoisotopic (exact) mass is 243 g/mol. The summed E-state index contributed by atoms with van der Waals surface area (Å²) in [6.07, 6.45) is 9.25. The van der Waals surface area contributed by atoms with Crippen LogP contribution in [0.2, 0.25) is 0 Å². The van der Waals surface area contributed by atoms with Crippen LogP contribution < -0.4 is 5.32 Å². The van der Waals surface area contributed by atoms with Crippen LogP contribution in [-0.4, -0.2) is 17.8 Å².